The summed E-state index contributed by atoms with van der Waals surface area (Å²) in [4.78, 5) is 22.7. The number of aliphatic hydroxyl groups is 1. The molecule has 0 aromatic carbocycles. The lowest BCUT2D eigenvalue weighted by Crippen LogP contribution is -2.64. The van der Waals surface area contributed by atoms with Crippen LogP contribution >= 0.6 is 0 Å². The van der Waals surface area contributed by atoms with Crippen LogP contribution in [0.2, 0.25) is 0 Å². The zero-order valence-electron chi connectivity index (χ0n) is 9.12. The van der Waals surface area contributed by atoms with E-state index >= 15 is 0 Å². The number of hydrogen-bond acceptors (Lipinski definition) is 6. The molecular weight excluding hydrogens is 218 g/mol. The fourth-order valence-electron chi connectivity index (χ4n) is 1.39. The van der Waals surface area contributed by atoms with Crippen LogP contribution < -0.4 is 5.73 Å². The highest BCUT2D eigenvalue weighted by Gasteiger charge is 2.37. The minimum atomic E-state index is -0.903. The van der Waals surface area contributed by atoms with Crippen molar-refractivity contribution in [3.63, 3.8) is 0 Å². The standard InChI is InChI=1S/C8H15N3O5/c1-15-7(13)10-3-5(9)6(12)4-11(10)8(14)16-2/h5-6,12H,3-4,9H2,1-2H3/t5-,6+/m1/s1. The third-order valence-electron chi connectivity index (χ3n) is 2.30. The predicted octanol–water partition coefficient (Wildman–Crippen LogP) is -1.26. The quantitative estimate of drug-likeness (QED) is 0.541. The SMILES string of the molecule is COC(=O)N1C[C@@H](N)[C@@H](O)CN1C(=O)OC. The van der Waals surface area contributed by atoms with Gasteiger partial charge in [0.1, 0.15) is 0 Å². The van der Waals surface area contributed by atoms with E-state index in [9.17, 15) is 14.7 Å². The number of carbonyl (C=O) groups is 2. The second kappa shape index (κ2) is 4.99. The van der Waals surface area contributed by atoms with Crippen molar-refractivity contribution < 1.29 is 24.2 Å². The maximum absolute atomic E-state index is 11.4. The molecule has 0 saturated carbocycles. The van der Waals surface area contributed by atoms with Gasteiger partial charge in [0, 0.05) is 0 Å². The third-order valence-corrected chi connectivity index (χ3v) is 2.30. The zero-order valence-corrected chi connectivity index (χ0v) is 9.12. The first kappa shape index (κ1) is 12.5. The van der Waals surface area contributed by atoms with E-state index in [0.29, 0.717) is 0 Å². The molecule has 0 unspecified atom stereocenters. The highest BCUT2D eigenvalue weighted by molar-refractivity contribution is 5.74. The molecule has 1 heterocycles. The highest BCUT2D eigenvalue weighted by Crippen LogP contribution is 2.13. The predicted molar refractivity (Wildman–Crippen MR) is 52.2 cm³/mol. The number of nitrogens with zero attached hydrogens (tertiary/aromatic N) is 2. The summed E-state index contributed by atoms with van der Waals surface area (Å²) in [5.74, 6) is 0. The van der Waals surface area contributed by atoms with Crippen LogP contribution in [0.1, 0.15) is 0 Å². The number of carbonyl (C=O) groups excluding carboxylic acids is 2. The van der Waals surface area contributed by atoms with E-state index in [1.165, 1.54) is 14.2 Å². The van der Waals surface area contributed by atoms with Crippen LogP contribution in [-0.2, 0) is 9.47 Å². The maximum Gasteiger partial charge on any atom is 0.428 e. The molecule has 2 amide bonds. The largest absolute Gasteiger partial charge is 0.452 e. The van der Waals surface area contributed by atoms with Gasteiger partial charge in [-0.05, 0) is 0 Å². The van der Waals surface area contributed by atoms with Gasteiger partial charge in [-0.3, -0.25) is 0 Å². The van der Waals surface area contributed by atoms with Crippen molar-refractivity contribution in [3.05, 3.63) is 0 Å². The Balaban J connectivity index is 2.83. The molecule has 16 heavy (non-hydrogen) atoms. The molecule has 0 bridgehead atoms. The Bertz CT molecular complexity index is 257. The van der Waals surface area contributed by atoms with E-state index in [1.54, 1.807) is 0 Å². The fourth-order valence-corrected chi connectivity index (χ4v) is 1.39. The number of rotatable bonds is 0. The van der Waals surface area contributed by atoms with Crippen LogP contribution in [-0.4, -0.2) is 66.8 Å². The molecule has 0 radical (unpaired) electrons. The van der Waals surface area contributed by atoms with Crippen LogP contribution in [0.5, 0.6) is 0 Å². The first-order valence-electron chi connectivity index (χ1n) is 4.65. The molecule has 0 spiro atoms. The summed E-state index contributed by atoms with van der Waals surface area (Å²) < 4.78 is 8.98. The number of amides is 2. The number of hydrazine groups is 1. The topological polar surface area (TPSA) is 105 Å². The zero-order chi connectivity index (χ0) is 12.3. The van der Waals surface area contributed by atoms with Gasteiger partial charge in [-0.15, -0.1) is 0 Å². The smallest absolute Gasteiger partial charge is 0.428 e. The van der Waals surface area contributed by atoms with Crippen LogP contribution in [0.3, 0.4) is 0 Å². The molecule has 3 N–H and O–H groups in total. The summed E-state index contributed by atoms with van der Waals surface area (Å²) in [5, 5.41) is 11.5. The van der Waals surface area contributed by atoms with E-state index < -0.39 is 24.3 Å². The average Bonchev–Trinajstić information content (AvgIpc) is 2.30. The van der Waals surface area contributed by atoms with Crippen molar-refractivity contribution in [2.24, 2.45) is 5.73 Å². The summed E-state index contributed by atoms with van der Waals surface area (Å²) in [6.45, 7) is -0.119. The second-order valence-corrected chi connectivity index (χ2v) is 3.34. The first-order valence-corrected chi connectivity index (χ1v) is 4.65. The Hall–Kier alpha value is -1.54. The maximum atomic E-state index is 11.4. The van der Waals surface area contributed by atoms with Crippen LogP contribution in [0.25, 0.3) is 0 Å². The number of nitrogens with two attached hydrogens (primary N) is 1. The van der Waals surface area contributed by atoms with Crippen molar-refractivity contribution >= 4 is 12.2 Å². The number of aliphatic hydroxyl groups excluding tert-OH is 1. The fraction of sp³-hybridized carbons (Fsp3) is 0.750. The molecule has 0 aromatic heterocycles. The van der Waals surface area contributed by atoms with Gasteiger partial charge in [0.25, 0.3) is 0 Å². The van der Waals surface area contributed by atoms with Gasteiger partial charge in [0.15, 0.2) is 0 Å². The summed E-state index contributed by atoms with van der Waals surface area (Å²) in [6.07, 6.45) is -2.39. The van der Waals surface area contributed by atoms with Crippen molar-refractivity contribution in [2.75, 3.05) is 27.3 Å². The minimum Gasteiger partial charge on any atom is -0.452 e. The van der Waals surface area contributed by atoms with Crippen LogP contribution in [0, 0.1) is 0 Å². The first-order chi connectivity index (χ1) is 7.51. The van der Waals surface area contributed by atoms with E-state index in [1.807, 2.05) is 0 Å². The Labute approximate surface area is 92.5 Å². The Morgan fingerprint density at radius 2 is 1.62 bits per heavy atom. The van der Waals surface area contributed by atoms with E-state index in [-0.39, 0.29) is 13.1 Å². The van der Waals surface area contributed by atoms with Crippen LogP contribution in [0.15, 0.2) is 0 Å². The molecule has 0 aromatic rings. The van der Waals surface area contributed by atoms with Crippen molar-refractivity contribution in [3.8, 4) is 0 Å². The molecule has 1 fully saturated rings. The molecule has 8 heteroatoms. The van der Waals surface area contributed by atoms with Gasteiger partial charge in [-0.2, -0.15) is 0 Å². The molecule has 8 nitrogen and oxygen atoms in total. The lowest BCUT2D eigenvalue weighted by Gasteiger charge is -2.40. The molecule has 0 aliphatic carbocycles. The van der Waals surface area contributed by atoms with Gasteiger partial charge in [0.2, 0.25) is 0 Å². The highest BCUT2D eigenvalue weighted by atomic mass is 16.6. The van der Waals surface area contributed by atoms with E-state index in [4.69, 9.17) is 5.73 Å². The van der Waals surface area contributed by atoms with E-state index in [0.717, 1.165) is 10.0 Å². The average molecular weight is 233 g/mol. The minimum absolute atomic E-state index is 0.0110. The molecule has 2 atom stereocenters. The summed E-state index contributed by atoms with van der Waals surface area (Å²) in [5.41, 5.74) is 5.59. The van der Waals surface area contributed by atoms with Gasteiger partial charge in [-0.1, -0.05) is 0 Å². The number of ether oxygens (including phenoxy) is 2. The summed E-state index contributed by atoms with van der Waals surface area (Å²) in [7, 11) is 2.37. The van der Waals surface area contributed by atoms with Crippen molar-refractivity contribution in [1.29, 1.82) is 0 Å². The Morgan fingerprint density at radius 1 is 1.19 bits per heavy atom. The lowest BCUT2D eigenvalue weighted by molar-refractivity contribution is -0.0730. The molecular formula is C8H15N3O5. The molecule has 92 valence electrons. The number of hydrogen-bond donors (Lipinski definition) is 2. The van der Waals surface area contributed by atoms with Gasteiger partial charge >= 0.3 is 12.2 Å². The van der Waals surface area contributed by atoms with E-state index in [2.05, 4.69) is 9.47 Å². The summed E-state index contributed by atoms with van der Waals surface area (Å²) in [6, 6.07) is -0.625. The Morgan fingerprint density at radius 3 is 2.06 bits per heavy atom. The second-order valence-electron chi connectivity index (χ2n) is 3.34. The molecule has 1 saturated heterocycles. The van der Waals surface area contributed by atoms with Crippen molar-refractivity contribution in [2.45, 2.75) is 12.1 Å². The van der Waals surface area contributed by atoms with Gasteiger partial charge in [0.05, 0.1) is 39.5 Å². The van der Waals surface area contributed by atoms with Gasteiger partial charge in [-0.25, -0.2) is 19.6 Å². The number of β-amino-alcohol motifs (C(OH)–C–C–N with tert-alkyl or cyclic N) is 1. The molecule has 1 rings (SSSR count). The van der Waals surface area contributed by atoms with Gasteiger partial charge < -0.3 is 20.3 Å². The number of methoxy groups -OCH3 is 2. The normalized spacial score (nSPS) is 25.2. The molecule has 1 aliphatic rings. The summed E-state index contributed by atoms with van der Waals surface area (Å²) >= 11 is 0. The Kier molecular flexibility index (Phi) is 3.91. The van der Waals surface area contributed by atoms with Crippen molar-refractivity contribution in [1.82, 2.24) is 10.0 Å². The monoisotopic (exact) mass is 233 g/mol. The molecule has 1 aliphatic heterocycles. The van der Waals surface area contributed by atoms with Crippen LogP contribution in [0.4, 0.5) is 9.59 Å². The lowest BCUT2D eigenvalue weighted by atomic mass is 10.1. The third kappa shape index (κ3) is 2.34.